The van der Waals surface area contributed by atoms with Crippen LogP contribution in [0.5, 0.6) is 0 Å². The second-order valence-corrected chi connectivity index (χ2v) is 13.6. The molecule has 0 aliphatic heterocycles. The summed E-state index contributed by atoms with van der Waals surface area (Å²) in [6.45, 7) is 6.50. The van der Waals surface area contributed by atoms with Crippen LogP contribution in [0.4, 0.5) is 13.2 Å². The molecule has 0 atom stereocenters. The first-order chi connectivity index (χ1) is 27.2. The van der Waals surface area contributed by atoms with Crippen molar-refractivity contribution in [2.75, 3.05) is 0 Å². The zero-order valence-corrected chi connectivity index (χ0v) is 32.9. The van der Waals surface area contributed by atoms with Gasteiger partial charge >= 0.3 is 6.18 Å². The molecule has 4 nitrogen and oxygen atoms in total. The van der Waals surface area contributed by atoms with Crippen LogP contribution in [0.15, 0.2) is 132 Å². The van der Waals surface area contributed by atoms with Crippen molar-refractivity contribution in [2.45, 2.75) is 52.6 Å². The van der Waals surface area contributed by atoms with Crippen LogP contribution in [-0.4, -0.2) is 15.0 Å². The Morgan fingerprint density at radius 1 is 0.673 bits per heavy atom. The van der Waals surface area contributed by atoms with E-state index in [1.54, 1.807) is 60.8 Å². The topological polar surface area (TPSA) is 51.8 Å². The van der Waals surface area contributed by atoms with Crippen molar-refractivity contribution in [2.24, 2.45) is 0 Å². The quantitative estimate of drug-likeness (QED) is 0.156. The summed E-state index contributed by atoms with van der Waals surface area (Å²) in [5.41, 5.74) is 7.86. The van der Waals surface area contributed by atoms with Crippen LogP contribution in [0.3, 0.4) is 0 Å². The van der Waals surface area contributed by atoms with E-state index in [0.29, 0.717) is 33.2 Å². The van der Waals surface area contributed by atoms with Crippen molar-refractivity contribution < 1.29 is 41.8 Å². The first kappa shape index (κ1) is 35.3. The van der Waals surface area contributed by atoms with E-state index in [1.165, 1.54) is 12.3 Å². The minimum absolute atomic E-state index is 0. The summed E-state index contributed by atoms with van der Waals surface area (Å²) >= 11 is 0. The Labute approximate surface area is 337 Å². The van der Waals surface area contributed by atoms with Gasteiger partial charge in [-0.3, -0.25) is 4.98 Å². The number of aryl methyl sites for hydroxylation is 1. The van der Waals surface area contributed by atoms with Crippen LogP contribution >= 0.6 is 0 Å². The van der Waals surface area contributed by atoms with Crippen LogP contribution in [0.1, 0.15) is 65.9 Å². The Balaban J connectivity index is 0.000000280. The molecule has 4 heterocycles. The van der Waals surface area contributed by atoms with E-state index in [9.17, 15) is 13.2 Å². The van der Waals surface area contributed by atoms with E-state index in [-0.39, 0.29) is 48.7 Å². The van der Waals surface area contributed by atoms with Gasteiger partial charge in [0, 0.05) is 60.0 Å². The predicted molar refractivity (Wildman–Crippen MR) is 211 cm³/mol. The van der Waals surface area contributed by atoms with Crippen molar-refractivity contribution in [3.8, 4) is 44.8 Å². The standard InChI is InChI=1S/C35H28F3N2O.C12H10N.Ir/c1-20(2)27-18-39-19-28(21(3)4)31(27)23-15-16-40-30(17-23)26-12-8-11-24-25-13-14-29(35(36,37)38)32(34(25)41-33(24)26)22-9-6-5-7-10-22;1-10-7-8-12(13-9-10)11-5-3-2-4-6-11;/h5-11,13-21H,1-4H3;2-5,7-9H,1H3;/q2*-1;/i;1D3;. The summed E-state index contributed by atoms with van der Waals surface area (Å²) in [6.07, 6.45) is 2.44. The van der Waals surface area contributed by atoms with Gasteiger partial charge in [0.05, 0.1) is 11.1 Å². The van der Waals surface area contributed by atoms with E-state index < -0.39 is 18.6 Å². The Morgan fingerprint density at radius 2 is 1.40 bits per heavy atom. The fourth-order valence-electron chi connectivity index (χ4n) is 6.65. The summed E-state index contributed by atoms with van der Waals surface area (Å²) in [7, 11) is 0. The van der Waals surface area contributed by atoms with Gasteiger partial charge in [0.2, 0.25) is 0 Å². The van der Waals surface area contributed by atoms with Crippen LogP contribution < -0.4 is 0 Å². The zero-order chi connectivity index (χ0) is 40.5. The monoisotopic (exact) mass is 913 g/mol. The summed E-state index contributed by atoms with van der Waals surface area (Å²) in [4.78, 5) is 13.3. The maximum Gasteiger partial charge on any atom is 0.417 e. The molecule has 279 valence electrons. The number of benzene rings is 4. The van der Waals surface area contributed by atoms with Gasteiger partial charge in [0.1, 0.15) is 5.58 Å². The molecule has 8 aromatic rings. The molecule has 55 heavy (non-hydrogen) atoms. The average molecular weight is 913 g/mol. The fraction of sp³-hybridized carbons (Fsp3) is 0.170. The molecule has 0 aliphatic carbocycles. The zero-order valence-electron chi connectivity index (χ0n) is 33.5. The van der Waals surface area contributed by atoms with E-state index in [4.69, 9.17) is 8.53 Å². The molecule has 0 bridgehead atoms. The molecule has 0 amide bonds. The Hall–Kier alpha value is -5.43. The molecule has 0 saturated carbocycles. The van der Waals surface area contributed by atoms with E-state index in [0.717, 1.165) is 39.6 Å². The van der Waals surface area contributed by atoms with Crippen molar-refractivity contribution in [1.82, 2.24) is 15.0 Å². The normalized spacial score (nSPS) is 12.5. The Morgan fingerprint density at radius 3 is 2.04 bits per heavy atom. The van der Waals surface area contributed by atoms with Gasteiger partial charge in [-0.2, -0.15) is 13.2 Å². The molecule has 1 radical (unpaired) electrons. The third-order valence-corrected chi connectivity index (χ3v) is 9.27. The molecule has 0 aliphatic rings. The van der Waals surface area contributed by atoms with Gasteiger partial charge in [0.15, 0.2) is 0 Å². The summed E-state index contributed by atoms with van der Waals surface area (Å²) in [5, 5.41) is 1.32. The van der Waals surface area contributed by atoms with E-state index >= 15 is 0 Å². The summed E-state index contributed by atoms with van der Waals surface area (Å²) in [6, 6.07) is 35.8. The predicted octanol–water partition coefficient (Wildman–Crippen LogP) is 13.3. The number of pyridine rings is 3. The maximum atomic E-state index is 14.2. The largest absolute Gasteiger partial charge is 0.500 e. The molecule has 4 aromatic carbocycles. The SMILES string of the molecule is CC(C)c1cncc(C(C)C)c1-c1ccnc(-c2[c-]ccc3c2oc2c(-c4ccccc4)c(C(F)(F)F)ccc23)c1.[2H]C([2H])([2H])c1ccc(-c2[c-]cccc2)nc1.[Ir]. The second-order valence-electron chi connectivity index (χ2n) is 13.6. The van der Waals surface area contributed by atoms with Crippen LogP contribution in [0.2, 0.25) is 0 Å². The Bertz CT molecular complexity index is 2640. The number of halogens is 3. The molecular weight excluding hydrogens is 872 g/mol. The number of aromatic nitrogens is 3. The van der Waals surface area contributed by atoms with Crippen LogP contribution in [0, 0.1) is 19.0 Å². The van der Waals surface area contributed by atoms with Crippen LogP contribution in [0.25, 0.3) is 66.7 Å². The third-order valence-electron chi connectivity index (χ3n) is 9.27. The van der Waals surface area contributed by atoms with E-state index in [2.05, 4.69) is 54.8 Å². The van der Waals surface area contributed by atoms with Gasteiger partial charge in [0.25, 0.3) is 0 Å². The first-order valence-corrected chi connectivity index (χ1v) is 17.6. The number of fused-ring (bicyclic) bond motifs is 3. The summed E-state index contributed by atoms with van der Waals surface area (Å²) in [5.74, 6) is 0.523. The molecule has 0 unspecified atom stereocenters. The molecule has 0 N–H and O–H groups in total. The number of rotatable bonds is 6. The minimum Gasteiger partial charge on any atom is -0.500 e. The molecule has 0 fully saturated rings. The molecule has 0 saturated heterocycles. The maximum absolute atomic E-state index is 14.2. The molecule has 8 rings (SSSR count). The third kappa shape index (κ3) is 8.17. The van der Waals surface area contributed by atoms with Gasteiger partial charge in [-0.25, -0.2) is 0 Å². The molecule has 0 spiro atoms. The van der Waals surface area contributed by atoms with E-state index in [1.807, 2.05) is 48.8 Å². The minimum atomic E-state index is -4.55. The van der Waals surface area contributed by atoms with Crippen molar-refractivity contribution in [3.63, 3.8) is 0 Å². The number of alkyl halides is 3. The van der Waals surface area contributed by atoms with Crippen molar-refractivity contribution in [1.29, 1.82) is 0 Å². The van der Waals surface area contributed by atoms with Gasteiger partial charge in [-0.15, -0.1) is 54.1 Å². The van der Waals surface area contributed by atoms with Gasteiger partial charge < -0.3 is 14.4 Å². The van der Waals surface area contributed by atoms with Gasteiger partial charge in [-0.05, 0) is 75.6 Å². The second kappa shape index (κ2) is 16.5. The molecule has 8 heteroatoms. The van der Waals surface area contributed by atoms with Crippen molar-refractivity contribution in [3.05, 3.63) is 162 Å². The Kier molecular flexibility index (Phi) is 10.6. The smallest absolute Gasteiger partial charge is 0.417 e. The summed E-state index contributed by atoms with van der Waals surface area (Å²) < 4.78 is 70.6. The molecule has 4 aromatic heterocycles. The molecular formula is C47H38F3IrN3O-2. The first-order valence-electron chi connectivity index (χ1n) is 19.1. The average Bonchev–Trinajstić information content (AvgIpc) is 3.59. The fourth-order valence-corrected chi connectivity index (χ4v) is 6.65. The number of furan rings is 1. The number of hydrogen-bond acceptors (Lipinski definition) is 4. The number of hydrogen-bond donors (Lipinski definition) is 0. The van der Waals surface area contributed by atoms with Gasteiger partial charge in [-0.1, -0.05) is 93.2 Å². The van der Waals surface area contributed by atoms with Crippen molar-refractivity contribution >= 4 is 21.9 Å². The number of nitrogens with zero attached hydrogens (tertiary/aromatic N) is 3. The van der Waals surface area contributed by atoms with Crippen LogP contribution in [-0.2, 0) is 26.3 Å².